The summed E-state index contributed by atoms with van der Waals surface area (Å²) in [7, 11) is 0. The Morgan fingerprint density at radius 3 is 2.66 bits per heavy atom. The first-order chi connectivity index (χ1) is 14.1. The molecule has 2 aromatic heterocycles. The first kappa shape index (κ1) is 19.0. The number of benzene rings is 2. The average Bonchev–Trinajstić information content (AvgIpc) is 3.29. The lowest BCUT2D eigenvalue weighted by atomic mass is 10.1. The maximum atomic E-state index is 12.8. The highest BCUT2D eigenvalue weighted by atomic mass is 16.1. The van der Waals surface area contributed by atoms with Gasteiger partial charge in [0.1, 0.15) is 0 Å². The molecular weight excluding hydrogens is 360 g/mol. The minimum Gasteiger partial charge on any atom is -0.345 e. The molecule has 0 unspecified atom stereocenters. The highest BCUT2D eigenvalue weighted by Gasteiger charge is 2.14. The van der Waals surface area contributed by atoms with E-state index < -0.39 is 0 Å². The fourth-order valence-corrected chi connectivity index (χ4v) is 3.84. The van der Waals surface area contributed by atoms with Crippen molar-refractivity contribution in [3.05, 3.63) is 83.3 Å². The number of hydrogen-bond acceptors (Lipinski definition) is 2. The highest BCUT2D eigenvalue weighted by molar-refractivity contribution is 6.06. The van der Waals surface area contributed by atoms with Gasteiger partial charge in [0.15, 0.2) is 0 Å². The number of rotatable bonds is 6. The predicted molar refractivity (Wildman–Crippen MR) is 117 cm³/mol. The number of aryl methyl sites for hydroxylation is 4. The molecule has 0 atom stereocenters. The number of carbonyl (C=O) groups is 1. The second-order valence-electron chi connectivity index (χ2n) is 7.37. The van der Waals surface area contributed by atoms with Crippen molar-refractivity contribution in [1.82, 2.24) is 14.3 Å². The molecule has 0 saturated heterocycles. The summed E-state index contributed by atoms with van der Waals surface area (Å²) in [5, 5.41) is 8.47. The number of aromatic nitrogens is 3. The van der Waals surface area contributed by atoms with E-state index in [0.717, 1.165) is 24.9 Å². The van der Waals surface area contributed by atoms with Crippen LogP contribution < -0.4 is 5.32 Å². The Morgan fingerprint density at radius 2 is 1.90 bits per heavy atom. The van der Waals surface area contributed by atoms with Gasteiger partial charge in [-0.3, -0.25) is 9.48 Å². The van der Waals surface area contributed by atoms with E-state index in [0.29, 0.717) is 11.3 Å². The van der Waals surface area contributed by atoms with Crippen LogP contribution in [0.1, 0.15) is 34.1 Å². The molecule has 0 spiro atoms. The number of amides is 1. The van der Waals surface area contributed by atoms with Crippen molar-refractivity contribution in [1.29, 1.82) is 0 Å². The molecule has 0 fully saturated rings. The van der Waals surface area contributed by atoms with Crippen LogP contribution in [0.25, 0.3) is 10.9 Å². The molecule has 0 aliphatic rings. The van der Waals surface area contributed by atoms with Crippen molar-refractivity contribution in [3.63, 3.8) is 0 Å². The van der Waals surface area contributed by atoms with Gasteiger partial charge in [0.25, 0.3) is 5.91 Å². The van der Waals surface area contributed by atoms with Crippen LogP contribution in [0.4, 0.5) is 5.69 Å². The lowest BCUT2D eigenvalue weighted by molar-refractivity contribution is 0.102. The molecular formula is C24H26N4O. The van der Waals surface area contributed by atoms with Crippen LogP contribution in [-0.2, 0) is 19.5 Å². The summed E-state index contributed by atoms with van der Waals surface area (Å²) in [4.78, 5) is 12.8. The molecule has 0 aliphatic carbocycles. The van der Waals surface area contributed by atoms with Gasteiger partial charge in [-0.25, -0.2) is 0 Å². The summed E-state index contributed by atoms with van der Waals surface area (Å²) < 4.78 is 4.14. The molecule has 2 aromatic carbocycles. The standard InChI is InChI=1S/C24H26N4O/c1-4-28-18(3)17(2)22-14-20(10-11-23(22)28)24(29)26-21-15-25-27(16-21)13-12-19-8-6-5-7-9-19/h5-11,14-16H,4,12-13H2,1-3H3,(H,26,29). The van der Waals surface area contributed by atoms with Gasteiger partial charge in [-0.2, -0.15) is 5.10 Å². The first-order valence-corrected chi connectivity index (χ1v) is 10.0. The summed E-state index contributed by atoms with van der Waals surface area (Å²) in [6.45, 7) is 8.07. The number of hydrogen-bond donors (Lipinski definition) is 1. The van der Waals surface area contributed by atoms with E-state index in [1.165, 1.54) is 22.3 Å². The van der Waals surface area contributed by atoms with Crippen molar-refractivity contribution in [2.24, 2.45) is 0 Å². The molecule has 1 amide bonds. The third-order valence-electron chi connectivity index (χ3n) is 5.58. The molecule has 0 aliphatic heterocycles. The minimum absolute atomic E-state index is 0.115. The van der Waals surface area contributed by atoms with Crippen molar-refractivity contribution in [2.75, 3.05) is 5.32 Å². The second kappa shape index (κ2) is 7.95. The Morgan fingerprint density at radius 1 is 1.10 bits per heavy atom. The van der Waals surface area contributed by atoms with Crippen LogP contribution in [0, 0.1) is 13.8 Å². The van der Waals surface area contributed by atoms with E-state index in [1.807, 2.05) is 47.3 Å². The van der Waals surface area contributed by atoms with E-state index in [9.17, 15) is 4.79 Å². The number of nitrogens with one attached hydrogen (secondary N) is 1. The molecule has 5 nitrogen and oxygen atoms in total. The Balaban J connectivity index is 1.47. The maximum Gasteiger partial charge on any atom is 0.255 e. The molecule has 0 saturated carbocycles. The van der Waals surface area contributed by atoms with Gasteiger partial charge in [-0.05, 0) is 56.5 Å². The molecule has 0 bridgehead atoms. The summed E-state index contributed by atoms with van der Waals surface area (Å²) in [6, 6.07) is 16.2. The third-order valence-corrected chi connectivity index (χ3v) is 5.58. The molecule has 0 radical (unpaired) electrons. The summed E-state index contributed by atoms with van der Waals surface area (Å²) in [5.74, 6) is -0.115. The van der Waals surface area contributed by atoms with Crippen molar-refractivity contribution in [3.8, 4) is 0 Å². The molecule has 4 rings (SSSR count). The SMILES string of the molecule is CCn1c(C)c(C)c2cc(C(=O)Nc3cnn(CCc4ccccc4)c3)ccc21. The van der Waals surface area contributed by atoms with Crippen LogP contribution >= 0.6 is 0 Å². The van der Waals surface area contributed by atoms with E-state index in [-0.39, 0.29) is 5.91 Å². The summed E-state index contributed by atoms with van der Waals surface area (Å²) in [6.07, 6.45) is 4.48. The molecule has 4 aromatic rings. The lowest BCUT2D eigenvalue weighted by Crippen LogP contribution is -2.11. The number of fused-ring (bicyclic) bond motifs is 1. The Bertz CT molecular complexity index is 1150. The smallest absolute Gasteiger partial charge is 0.255 e. The predicted octanol–water partition coefficient (Wildman–Crippen LogP) is 4.97. The molecule has 2 heterocycles. The second-order valence-corrected chi connectivity index (χ2v) is 7.37. The number of anilines is 1. The zero-order chi connectivity index (χ0) is 20.4. The average molecular weight is 386 g/mol. The summed E-state index contributed by atoms with van der Waals surface area (Å²) >= 11 is 0. The van der Waals surface area contributed by atoms with Gasteiger partial charge in [0.05, 0.1) is 11.9 Å². The van der Waals surface area contributed by atoms with E-state index >= 15 is 0 Å². The Kier molecular flexibility index (Phi) is 5.21. The Labute approximate surface area is 171 Å². The van der Waals surface area contributed by atoms with Gasteiger partial charge >= 0.3 is 0 Å². The van der Waals surface area contributed by atoms with Gasteiger partial charge in [0.2, 0.25) is 0 Å². The van der Waals surface area contributed by atoms with Crippen LogP contribution in [0.3, 0.4) is 0 Å². The maximum absolute atomic E-state index is 12.8. The van der Waals surface area contributed by atoms with Crippen LogP contribution in [-0.4, -0.2) is 20.3 Å². The molecule has 5 heteroatoms. The molecule has 148 valence electrons. The zero-order valence-corrected chi connectivity index (χ0v) is 17.1. The number of nitrogens with zero attached hydrogens (tertiary/aromatic N) is 3. The fraction of sp³-hybridized carbons (Fsp3) is 0.250. The topological polar surface area (TPSA) is 51.9 Å². The van der Waals surface area contributed by atoms with Gasteiger partial charge in [0, 0.05) is 41.4 Å². The summed E-state index contributed by atoms with van der Waals surface area (Å²) in [5.41, 5.74) is 6.29. The van der Waals surface area contributed by atoms with Crippen molar-refractivity contribution < 1.29 is 4.79 Å². The van der Waals surface area contributed by atoms with Crippen molar-refractivity contribution in [2.45, 2.75) is 40.3 Å². The van der Waals surface area contributed by atoms with Gasteiger partial charge in [-0.1, -0.05) is 30.3 Å². The van der Waals surface area contributed by atoms with Crippen LogP contribution in [0.2, 0.25) is 0 Å². The van der Waals surface area contributed by atoms with E-state index in [1.54, 1.807) is 6.20 Å². The lowest BCUT2D eigenvalue weighted by Gasteiger charge is -2.05. The van der Waals surface area contributed by atoms with Crippen molar-refractivity contribution >= 4 is 22.5 Å². The zero-order valence-electron chi connectivity index (χ0n) is 17.1. The van der Waals surface area contributed by atoms with Crippen LogP contribution in [0.15, 0.2) is 60.9 Å². The largest absolute Gasteiger partial charge is 0.345 e. The quantitative estimate of drug-likeness (QED) is 0.509. The minimum atomic E-state index is -0.115. The normalized spacial score (nSPS) is 11.1. The van der Waals surface area contributed by atoms with Gasteiger partial charge < -0.3 is 9.88 Å². The number of carbonyl (C=O) groups excluding carboxylic acids is 1. The van der Waals surface area contributed by atoms with Crippen LogP contribution in [0.5, 0.6) is 0 Å². The fourth-order valence-electron chi connectivity index (χ4n) is 3.84. The van der Waals surface area contributed by atoms with Gasteiger partial charge in [-0.15, -0.1) is 0 Å². The highest BCUT2D eigenvalue weighted by Crippen LogP contribution is 2.26. The van der Waals surface area contributed by atoms with E-state index in [2.05, 4.69) is 47.9 Å². The Hall–Kier alpha value is -3.34. The first-order valence-electron chi connectivity index (χ1n) is 10.0. The third kappa shape index (κ3) is 3.81. The molecule has 1 N–H and O–H groups in total. The molecule has 29 heavy (non-hydrogen) atoms. The monoisotopic (exact) mass is 386 g/mol. The van der Waals surface area contributed by atoms with E-state index in [4.69, 9.17) is 0 Å².